The van der Waals surface area contributed by atoms with Crippen LogP contribution in [0.4, 0.5) is 0 Å². The first-order valence-electron chi connectivity index (χ1n) is 6.06. The maximum atomic E-state index is 11.5. The number of carbonyl (C=O) groups is 1. The molecule has 19 heavy (non-hydrogen) atoms. The molecule has 0 fully saturated rings. The van der Waals surface area contributed by atoms with Gasteiger partial charge in [-0.25, -0.2) is 4.79 Å². The highest BCUT2D eigenvalue weighted by Gasteiger charge is 2.05. The van der Waals surface area contributed by atoms with Crippen LogP contribution in [0.25, 0.3) is 0 Å². The molecule has 0 atom stereocenters. The van der Waals surface area contributed by atoms with E-state index >= 15 is 0 Å². The zero-order chi connectivity index (χ0) is 13.8. The summed E-state index contributed by atoms with van der Waals surface area (Å²) in [5.41, 5.74) is 0.436. The van der Waals surface area contributed by atoms with Crippen LogP contribution in [0.5, 0.6) is 0 Å². The highest BCUT2D eigenvalue weighted by molar-refractivity contribution is 5.88. The quantitative estimate of drug-likeness (QED) is 0.465. The number of pyridine rings is 1. The maximum Gasteiger partial charge on any atom is 0.339 e. The number of hydrogen-bond acceptors (Lipinski definition) is 6. The van der Waals surface area contributed by atoms with E-state index in [0.29, 0.717) is 38.6 Å². The van der Waals surface area contributed by atoms with Crippen LogP contribution in [0.15, 0.2) is 24.5 Å². The molecule has 0 amide bonds. The topological polar surface area (TPSA) is 66.9 Å². The summed E-state index contributed by atoms with van der Waals surface area (Å²) in [6.45, 7) is 2.65. The second kappa shape index (κ2) is 10.4. The van der Waals surface area contributed by atoms with Gasteiger partial charge in [-0.3, -0.25) is 4.98 Å². The monoisotopic (exact) mass is 269 g/mol. The zero-order valence-corrected chi connectivity index (χ0v) is 11.0. The molecular weight excluding hydrogens is 250 g/mol. The van der Waals surface area contributed by atoms with Crippen LogP contribution in [-0.4, -0.2) is 57.7 Å². The first-order valence-corrected chi connectivity index (χ1v) is 6.06. The molecule has 0 aliphatic heterocycles. The van der Waals surface area contributed by atoms with Gasteiger partial charge in [0.05, 0.1) is 38.6 Å². The number of nitrogens with zero attached hydrogens (tertiary/aromatic N) is 1. The van der Waals surface area contributed by atoms with E-state index in [4.69, 9.17) is 18.9 Å². The third-order valence-electron chi connectivity index (χ3n) is 2.16. The molecule has 0 saturated carbocycles. The largest absolute Gasteiger partial charge is 0.460 e. The number of aromatic nitrogens is 1. The predicted octanol–water partition coefficient (Wildman–Crippen LogP) is 0.918. The van der Waals surface area contributed by atoms with E-state index in [0.717, 1.165) is 0 Å². The average molecular weight is 269 g/mol. The summed E-state index contributed by atoms with van der Waals surface area (Å²) in [4.78, 5) is 15.3. The van der Waals surface area contributed by atoms with Crippen molar-refractivity contribution in [2.24, 2.45) is 0 Å². The Morgan fingerprint density at radius 3 is 2.42 bits per heavy atom. The lowest BCUT2D eigenvalue weighted by Gasteiger charge is -2.06. The van der Waals surface area contributed by atoms with Gasteiger partial charge in [-0.2, -0.15) is 0 Å². The van der Waals surface area contributed by atoms with Crippen molar-refractivity contribution >= 4 is 5.97 Å². The molecule has 0 bridgehead atoms. The number of hydrogen-bond donors (Lipinski definition) is 0. The molecule has 0 radical (unpaired) electrons. The molecule has 1 aromatic heterocycles. The lowest BCUT2D eigenvalue weighted by atomic mass is 10.3. The first kappa shape index (κ1) is 15.6. The third-order valence-corrected chi connectivity index (χ3v) is 2.16. The Bertz CT molecular complexity index is 344. The van der Waals surface area contributed by atoms with E-state index in [2.05, 4.69) is 4.98 Å². The van der Waals surface area contributed by atoms with Crippen molar-refractivity contribution in [2.45, 2.75) is 0 Å². The molecule has 1 aromatic rings. The van der Waals surface area contributed by atoms with Crippen LogP contribution in [0, 0.1) is 0 Å². The molecule has 0 saturated heterocycles. The second-order valence-corrected chi connectivity index (χ2v) is 3.60. The minimum absolute atomic E-state index is 0.214. The molecule has 106 valence electrons. The van der Waals surface area contributed by atoms with Crippen LogP contribution < -0.4 is 0 Å². The van der Waals surface area contributed by atoms with E-state index < -0.39 is 5.97 Å². The standard InChI is InChI=1S/C13H19NO5/c1-16-5-6-17-7-8-18-9-10-19-13(15)12-3-2-4-14-11-12/h2-4,11H,5-10H2,1H3. The Balaban J connectivity index is 1.95. The van der Waals surface area contributed by atoms with Gasteiger partial charge in [0.25, 0.3) is 0 Å². The van der Waals surface area contributed by atoms with Gasteiger partial charge in [-0.05, 0) is 12.1 Å². The van der Waals surface area contributed by atoms with Crippen LogP contribution in [0.3, 0.4) is 0 Å². The van der Waals surface area contributed by atoms with E-state index in [1.807, 2.05) is 0 Å². The van der Waals surface area contributed by atoms with Gasteiger partial charge >= 0.3 is 5.97 Å². The molecule has 0 aromatic carbocycles. The molecule has 0 aliphatic carbocycles. The molecule has 0 aliphatic rings. The molecule has 0 spiro atoms. The molecule has 6 heteroatoms. The van der Waals surface area contributed by atoms with Gasteiger partial charge < -0.3 is 18.9 Å². The first-order chi connectivity index (χ1) is 9.34. The summed E-state index contributed by atoms with van der Waals surface area (Å²) in [5.74, 6) is -0.395. The van der Waals surface area contributed by atoms with E-state index in [-0.39, 0.29) is 6.61 Å². The Morgan fingerprint density at radius 1 is 1.11 bits per heavy atom. The number of rotatable bonds is 10. The Morgan fingerprint density at radius 2 is 1.79 bits per heavy atom. The van der Waals surface area contributed by atoms with Gasteiger partial charge in [0.2, 0.25) is 0 Å². The van der Waals surface area contributed by atoms with Gasteiger partial charge in [-0.15, -0.1) is 0 Å². The fourth-order valence-corrected chi connectivity index (χ4v) is 1.22. The van der Waals surface area contributed by atoms with Crippen molar-refractivity contribution in [3.8, 4) is 0 Å². The van der Waals surface area contributed by atoms with Crippen molar-refractivity contribution in [1.82, 2.24) is 4.98 Å². The predicted molar refractivity (Wildman–Crippen MR) is 68.0 cm³/mol. The molecule has 6 nitrogen and oxygen atoms in total. The maximum absolute atomic E-state index is 11.5. The highest BCUT2D eigenvalue weighted by atomic mass is 16.6. The number of carbonyl (C=O) groups excluding carboxylic acids is 1. The van der Waals surface area contributed by atoms with Crippen molar-refractivity contribution < 1.29 is 23.7 Å². The second-order valence-electron chi connectivity index (χ2n) is 3.60. The molecule has 1 heterocycles. The molecular formula is C13H19NO5. The Hall–Kier alpha value is -1.50. The highest BCUT2D eigenvalue weighted by Crippen LogP contribution is 1.98. The summed E-state index contributed by atoms with van der Waals surface area (Å²) in [7, 11) is 1.62. The van der Waals surface area contributed by atoms with Gasteiger partial charge in [0.15, 0.2) is 0 Å². The van der Waals surface area contributed by atoms with E-state index in [1.165, 1.54) is 6.20 Å². The number of methoxy groups -OCH3 is 1. The van der Waals surface area contributed by atoms with Crippen LogP contribution >= 0.6 is 0 Å². The van der Waals surface area contributed by atoms with Gasteiger partial charge in [-0.1, -0.05) is 0 Å². The van der Waals surface area contributed by atoms with Crippen molar-refractivity contribution in [1.29, 1.82) is 0 Å². The molecule has 0 unspecified atom stereocenters. The van der Waals surface area contributed by atoms with Crippen LogP contribution in [0.1, 0.15) is 10.4 Å². The van der Waals surface area contributed by atoms with Crippen molar-refractivity contribution in [3.05, 3.63) is 30.1 Å². The van der Waals surface area contributed by atoms with E-state index in [9.17, 15) is 4.79 Å². The average Bonchev–Trinajstić information content (AvgIpc) is 2.46. The minimum Gasteiger partial charge on any atom is -0.460 e. The van der Waals surface area contributed by atoms with Crippen molar-refractivity contribution in [2.75, 3.05) is 46.8 Å². The normalized spacial score (nSPS) is 10.4. The molecule has 1 rings (SSSR count). The van der Waals surface area contributed by atoms with Crippen molar-refractivity contribution in [3.63, 3.8) is 0 Å². The number of ether oxygens (including phenoxy) is 4. The summed E-state index contributed by atoms with van der Waals surface area (Å²) >= 11 is 0. The Labute approximate surface area is 112 Å². The summed E-state index contributed by atoms with van der Waals surface area (Å²) in [5, 5.41) is 0. The Kier molecular flexibility index (Phi) is 8.54. The smallest absolute Gasteiger partial charge is 0.339 e. The SMILES string of the molecule is COCCOCCOCCOC(=O)c1cccnc1. The fourth-order valence-electron chi connectivity index (χ4n) is 1.22. The summed E-state index contributed by atoms with van der Waals surface area (Å²) < 4.78 is 20.3. The van der Waals surface area contributed by atoms with E-state index in [1.54, 1.807) is 25.4 Å². The fraction of sp³-hybridized carbons (Fsp3) is 0.538. The van der Waals surface area contributed by atoms with Gasteiger partial charge in [0, 0.05) is 19.5 Å². The third kappa shape index (κ3) is 7.50. The summed E-state index contributed by atoms with van der Waals surface area (Å²) in [6, 6.07) is 3.34. The zero-order valence-electron chi connectivity index (χ0n) is 11.0. The lowest BCUT2D eigenvalue weighted by molar-refractivity contribution is 0.00569. The summed E-state index contributed by atoms with van der Waals surface area (Å²) in [6.07, 6.45) is 3.07. The minimum atomic E-state index is -0.395. The van der Waals surface area contributed by atoms with Gasteiger partial charge in [0.1, 0.15) is 6.61 Å². The van der Waals surface area contributed by atoms with Crippen LogP contribution in [-0.2, 0) is 18.9 Å². The number of esters is 1. The lowest BCUT2D eigenvalue weighted by Crippen LogP contribution is -2.13. The molecule has 0 N–H and O–H groups in total. The van der Waals surface area contributed by atoms with Crippen LogP contribution in [0.2, 0.25) is 0 Å².